The largest absolute Gasteiger partial charge is 0.370 e. The van der Waals surface area contributed by atoms with Gasteiger partial charge in [0.1, 0.15) is 5.82 Å². The van der Waals surface area contributed by atoms with Crippen LogP contribution in [0.5, 0.6) is 0 Å². The summed E-state index contributed by atoms with van der Waals surface area (Å²) in [5.41, 5.74) is 0.976. The van der Waals surface area contributed by atoms with Crippen molar-refractivity contribution >= 4 is 11.8 Å². The van der Waals surface area contributed by atoms with Gasteiger partial charge in [0.15, 0.2) is 0 Å². The van der Waals surface area contributed by atoms with Gasteiger partial charge in [0.2, 0.25) is 5.95 Å². The Morgan fingerprint density at radius 1 is 1.22 bits per heavy atom. The molecule has 5 heteroatoms. The van der Waals surface area contributed by atoms with Gasteiger partial charge in [-0.25, -0.2) is 4.98 Å². The molecule has 0 aromatic carbocycles. The standard InChI is InChI=1S/C13H25N5/c1-10(2)9-15-12-8-11(3)16-13(17-12)14-6-7-18(4)5/h8,10H,6-7,9H2,1-5H3,(H2,14,15,16,17). The monoisotopic (exact) mass is 251 g/mol. The van der Waals surface area contributed by atoms with Crippen LogP contribution < -0.4 is 10.6 Å². The predicted octanol–water partition coefficient (Wildman–Crippen LogP) is 1.83. The second-order valence-corrected chi connectivity index (χ2v) is 5.22. The number of anilines is 2. The summed E-state index contributed by atoms with van der Waals surface area (Å²) in [4.78, 5) is 11.0. The summed E-state index contributed by atoms with van der Waals surface area (Å²) >= 11 is 0. The molecule has 0 saturated carbocycles. The van der Waals surface area contributed by atoms with Crippen LogP contribution in [-0.2, 0) is 0 Å². The van der Waals surface area contributed by atoms with Gasteiger partial charge in [-0.1, -0.05) is 13.8 Å². The fraction of sp³-hybridized carbons (Fsp3) is 0.692. The molecule has 0 aliphatic carbocycles. The first kappa shape index (κ1) is 14.7. The summed E-state index contributed by atoms with van der Waals surface area (Å²) < 4.78 is 0. The van der Waals surface area contributed by atoms with Crippen LogP contribution in [0.2, 0.25) is 0 Å². The summed E-state index contributed by atoms with van der Waals surface area (Å²) in [6, 6.07) is 1.97. The van der Waals surface area contributed by atoms with Gasteiger partial charge in [-0.3, -0.25) is 0 Å². The molecule has 0 atom stereocenters. The van der Waals surface area contributed by atoms with Crippen molar-refractivity contribution in [2.75, 3.05) is 44.4 Å². The Labute approximate surface area is 110 Å². The number of nitrogens with one attached hydrogen (secondary N) is 2. The van der Waals surface area contributed by atoms with Crippen molar-refractivity contribution in [1.82, 2.24) is 14.9 Å². The van der Waals surface area contributed by atoms with E-state index in [2.05, 4.69) is 53.4 Å². The minimum Gasteiger partial charge on any atom is -0.370 e. The van der Waals surface area contributed by atoms with Crippen molar-refractivity contribution < 1.29 is 0 Å². The SMILES string of the molecule is Cc1cc(NCC(C)C)nc(NCCN(C)C)n1. The van der Waals surface area contributed by atoms with E-state index in [-0.39, 0.29) is 0 Å². The Morgan fingerprint density at radius 3 is 2.56 bits per heavy atom. The van der Waals surface area contributed by atoms with Crippen LogP contribution in [0.4, 0.5) is 11.8 Å². The van der Waals surface area contributed by atoms with E-state index in [0.29, 0.717) is 11.9 Å². The highest BCUT2D eigenvalue weighted by Gasteiger charge is 2.02. The third kappa shape index (κ3) is 5.82. The Kier molecular flexibility index (Phi) is 5.85. The van der Waals surface area contributed by atoms with Crippen LogP contribution in [0.15, 0.2) is 6.07 Å². The van der Waals surface area contributed by atoms with E-state index in [9.17, 15) is 0 Å². The third-order valence-electron chi connectivity index (χ3n) is 2.39. The first-order valence-corrected chi connectivity index (χ1v) is 6.45. The van der Waals surface area contributed by atoms with E-state index in [4.69, 9.17) is 0 Å². The summed E-state index contributed by atoms with van der Waals surface area (Å²) in [7, 11) is 4.10. The fourth-order valence-corrected chi connectivity index (χ4v) is 1.44. The van der Waals surface area contributed by atoms with Gasteiger partial charge >= 0.3 is 0 Å². The Balaban J connectivity index is 2.57. The van der Waals surface area contributed by atoms with Crippen LogP contribution in [0.3, 0.4) is 0 Å². The molecular formula is C13H25N5. The minimum atomic E-state index is 0.602. The highest BCUT2D eigenvalue weighted by molar-refractivity contribution is 5.42. The van der Waals surface area contributed by atoms with E-state index in [1.807, 2.05) is 13.0 Å². The van der Waals surface area contributed by atoms with Gasteiger partial charge in [0.25, 0.3) is 0 Å². The quantitative estimate of drug-likeness (QED) is 0.774. The lowest BCUT2D eigenvalue weighted by molar-refractivity contribution is 0.425. The third-order valence-corrected chi connectivity index (χ3v) is 2.39. The molecule has 1 aromatic heterocycles. The molecular weight excluding hydrogens is 226 g/mol. The zero-order valence-corrected chi connectivity index (χ0v) is 12.1. The van der Waals surface area contributed by atoms with Crippen molar-refractivity contribution in [2.45, 2.75) is 20.8 Å². The number of likely N-dealkylation sites (N-methyl/N-ethyl adjacent to an activating group) is 1. The molecule has 1 heterocycles. The summed E-state index contributed by atoms with van der Waals surface area (Å²) in [6.07, 6.45) is 0. The van der Waals surface area contributed by atoms with E-state index in [1.54, 1.807) is 0 Å². The first-order chi connectivity index (χ1) is 8.47. The average Bonchev–Trinajstić information content (AvgIpc) is 2.25. The molecule has 0 spiro atoms. The van der Waals surface area contributed by atoms with E-state index < -0.39 is 0 Å². The van der Waals surface area contributed by atoms with Crippen molar-refractivity contribution in [3.8, 4) is 0 Å². The van der Waals surface area contributed by atoms with E-state index in [1.165, 1.54) is 0 Å². The number of aryl methyl sites for hydroxylation is 1. The van der Waals surface area contributed by atoms with Crippen LogP contribution in [0.1, 0.15) is 19.5 Å². The van der Waals surface area contributed by atoms with Gasteiger partial charge < -0.3 is 15.5 Å². The molecule has 1 aromatic rings. The van der Waals surface area contributed by atoms with Crippen molar-refractivity contribution in [3.05, 3.63) is 11.8 Å². The smallest absolute Gasteiger partial charge is 0.224 e. The average molecular weight is 251 g/mol. The van der Waals surface area contributed by atoms with Gasteiger partial charge in [0, 0.05) is 31.4 Å². The lowest BCUT2D eigenvalue weighted by Crippen LogP contribution is -2.22. The second kappa shape index (κ2) is 7.16. The van der Waals surface area contributed by atoms with Crippen LogP contribution in [0.25, 0.3) is 0 Å². The Bertz CT molecular complexity index is 362. The maximum Gasteiger partial charge on any atom is 0.224 e. The van der Waals surface area contributed by atoms with Crippen molar-refractivity contribution in [1.29, 1.82) is 0 Å². The predicted molar refractivity (Wildman–Crippen MR) is 77.1 cm³/mol. The number of hydrogen-bond donors (Lipinski definition) is 2. The lowest BCUT2D eigenvalue weighted by Gasteiger charge is -2.13. The molecule has 0 unspecified atom stereocenters. The number of rotatable bonds is 7. The summed E-state index contributed by atoms with van der Waals surface area (Å²) in [5, 5.41) is 6.56. The number of aromatic nitrogens is 2. The first-order valence-electron chi connectivity index (χ1n) is 6.45. The normalized spacial score (nSPS) is 11.1. The number of nitrogens with zero attached hydrogens (tertiary/aromatic N) is 3. The molecule has 102 valence electrons. The molecule has 1 rings (SSSR count). The minimum absolute atomic E-state index is 0.602. The molecule has 0 aliphatic heterocycles. The molecule has 0 radical (unpaired) electrons. The molecule has 0 bridgehead atoms. The molecule has 0 aliphatic rings. The Morgan fingerprint density at radius 2 is 1.94 bits per heavy atom. The van der Waals surface area contributed by atoms with Crippen molar-refractivity contribution in [2.24, 2.45) is 5.92 Å². The number of hydrogen-bond acceptors (Lipinski definition) is 5. The fourth-order valence-electron chi connectivity index (χ4n) is 1.44. The molecule has 0 amide bonds. The molecule has 0 fully saturated rings. The highest BCUT2D eigenvalue weighted by Crippen LogP contribution is 2.10. The molecule has 18 heavy (non-hydrogen) atoms. The topological polar surface area (TPSA) is 53.1 Å². The van der Waals surface area contributed by atoms with Crippen LogP contribution in [0, 0.1) is 12.8 Å². The van der Waals surface area contributed by atoms with Crippen LogP contribution >= 0.6 is 0 Å². The van der Waals surface area contributed by atoms with Gasteiger partial charge in [-0.2, -0.15) is 4.98 Å². The summed E-state index contributed by atoms with van der Waals surface area (Å²) in [5.74, 6) is 2.19. The van der Waals surface area contributed by atoms with Gasteiger partial charge in [-0.15, -0.1) is 0 Å². The molecule has 5 nitrogen and oxygen atoms in total. The van der Waals surface area contributed by atoms with Gasteiger partial charge in [0.05, 0.1) is 0 Å². The highest BCUT2D eigenvalue weighted by atomic mass is 15.2. The second-order valence-electron chi connectivity index (χ2n) is 5.22. The summed E-state index contributed by atoms with van der Waals surface area (Å²) in [6.45, 7) is 9.08. The van der Waals surface area contributed by atoms with E-state index >= 15 is 0 Å². The molecule has 2 N–H and O–H groups in total. The van der Waals surface area contributed by atoms with Crippen LogP contribution in [-0.4, -0.2) is 48.6 Å². The zero-order valence-electron chi connectivity index (χ0n) is 12.1. The van der Waals surface area contributed by atoms with Crippen molar-refractivity contribution in [3.63, 3.8) is 0 Å². The Hall–Kier alpha value is -1.36. The van der Waals surface area contributed by atoms with E-state index in [0.717, 1.165) is 31.1 Å². The maximum absolute atomic E-state index is 4.45. The maximum atomic E-state index is 4.45. The zero-order chi connectivity index (χ0) is 13.5. The molecule has 0 saturated heterocycles. The van der Waals surface area contributed by atoms with Gasteiger partial charge in [-0.05, 0) is 26.9 Å². The lowest BCUT2D eigenvalue weighted by atomic mass is 10.2.